The second kappa shape index (κ2) is 7.99. The van der Waals surface area contributed by atoms with Crippen molar-refractivity contribution in [2.75, 3.05) is 26.0 Å². The van der Waals surface area contributed by atoms with Gasteiger partial charge in [0.2, 0.25) is 0 Å². The fraction of sp³-hybridized carbons (Fsp3) is 0.412. The number of aromatic nitrogens is 1. The highest BCUT2D eigenvalue weighted by Gasteiger charge is 2.31. The Kier molecular flexibility index (Phi) is 6.05. The number of nitrogens with zero attached hydrogens (tertiary/aromatic N) is 2. The molecule has 1 aliphatic heterocycles. The van der Waals surface area contributed by atoms with Crippen LogP contribution in [0.5, 0.6) is 5.75 Å². The van der Waals surface area contributed by atoms with E-state index in [0.29, 0.717) is 29.8 Å². The Morgan fingerprint density at radius 1 is 1.30 bits per heavy atom. The van der Waals surface area contributed by atoms with Crippen molar-refractivity contribution in [2.45, 2.75) is 19.3 Å². The predicted octanol–water partition coefficient (Wildman–Crippen LogP) is 2.93. The molecule has 146 valence electrons. The molecule has 1 aromatic carbocycles. The monoisotopic (exact) mass is 430 g/mol. The van der Waals surface area contributed by atoms with Crippen LogP contribution >= 0.6 is 31.3 Å². The number of halogens is 1. The van der Waals surface area contributed by atoms with Crippen molar-refractivity contribution in [3.05, 3.63) is 33.6 Å². The van der Waals surface area contributed by atoms with Gasteiger partial charge in [0.1, 0.15) is 5.75 Å². The molecule has 0 atom stereocenters. The minimum atomic E-state index is -4.29. The number of carbonyl (C=O) groups excluding carboxylic acids is 1. The summed E-state index contributed by atoms with van der Waals surface area (Å²) in [5, 5.41) is 0. The Morgan fingerprint density at radius 2 is 2.04 bits per heavy atom. The quantitative estimate of drug-likeness (QED) is 0.458. The van der Waals surface area contributed by atoms with Crippen LogP contribution in [-0.2, 0) is 11.0 Å². The molecule has 1 aromatic heterocycles. The first kappa shape index (κ1) is 20.5. The number of thiazole rings is 1. The zero-order valence-electron chi connectivity index (χ0n) is 14.5. The van der Waals surface area contributed by atoms with Gasteiger partial charge < -0.3 is 14.5 Å². The van der Waals surface area contributed by atoms with Gasteiger partial charge in [0.05, 0.1) is 17.7 Å². The van der Waals surface area contributed by atoms with Gasteiger partial charge in [0, 0.05) is 22.4 Å². The zero-order chi connectivity index (χ0) is 18.3. The minimum Gasteiger partial charge on any atom is -0.480 e. The average Bonchev–Trinajstić information content (AvgIpc) is 3.28. The number of likely N-dealkylation sites (tertiary alicyclic amines) is 1. The molecule has 0 saturated carbocycles. The lowest BCUT2D eigenvalue weighted by Gasteiger charge is -2.17. The van der Waals surface area contributed by atoms with Gasteiger partial charge in [-0.05, 0) is 43.6 Å². The molecule has 1 aliphatic carbocycles. The summed E-state index contributed by atoms with van der Waals surface area (Å²) in [4.78, 5) is 38.6. The molecule has 2 aromatic rings. The largest absolute Gasteiger partial charge is 0.480 e. The molecular weight excluding hydrogens is 411 g/mol. The first-order valence-corrected chi connectivity index (χ1v) is 11.1. The van der Waals surface area contributed by atoms with Crippen molar-refractivity contribution < 1.29 is 23.9 Å². The standard InChI is InChI=1S/C17H19N2O5PS.ClH/c20-13(8-19-5-1-2-6-19)11-3-4-14(24-10-25(21,22)23)16-12(11)7-15-17(16)18-9-26-15;/h3-4,9H,1-2,5-8,10H2,(H2,21,22,23);1H. The van der Waals surface area contributed by atoms with E-state index in [2.05, 4.69) is 9.88 Å². The van der Waals surface area contributed by atoms with E-state index in [9.17, 15) is 9.36 Å². The number of ketones is 1. The summed E-state index contributed by atoms with van der Waals surface area (Å²) in [5.41, 5.74) is 4.69. The van der Waals surface area contributed by atoms with Crippen LogP contribution in [0.25, 0.3) is 11.3 Å². The van der Waals surface area contributed by atoms with E-state index in [1.54, 1.807) is 17.6 Å². The first-order chi connectivity index (χ1) is 12.4. The van der Waals surface area contributed by atoms with Crippen LogP contribution in [0.1, 0.15) is 33.6 Å². The summed E-state index contributed by atoms with van der Waals surface area (Å²) in [5.74, 6) is 0.436. The summed E-state index contributed by atoms with van der Waals surface area (Å²) in [7, 11) is -4.29. The molecular formula is C17H20ClN2O5PS. The van der Waals surface area contributed by atoms with Gasteiger partial charge in [-0.3, -0.25) is 14.3 Å². The van der Waals surface area contributed by atoms with E-state index in [-0.39, 0.29) is 18.2 Å². The zero-order valence-corrected chi connectivity index (χ0v) is 17.0. The SMILES string of the molecule is Cl.O=C(CN1CCCC1)c1ccc(OCP(=O)(O)O)c2c1Cc1scnc1-2. The van der Waals surface area contributed by atoms with Gasteiger partial charge in [-0.25, -0.2) is 4.98 Å². The normalized spacial score (nSPS) is 15.9. The molecule has 0 radical (unpaired) electrons. The van der Waals surface area contributed by atoms with Crippen LogP contribution in [0.2, 0.25) is 0 Å². The number of benzene rings is 1. The third kappa shape index (κ3) is 4.26. The van der Waals surface area contributed by atoms with Crippen LogP contribution in [0, 0.1) is 0 Å². The summed E-state index contributed by atoms with van der Waals surface area (Å²) < 4.78 is 16.6. The van der Waals surface area contributed by atoms with Gasteiger partial charge in [-0.15, -0.1) is 23.7 Å². The van der Waals surface area contributed by atoms with E-state index in [0.717, 1.165) is 42.1 Å². The minimum absolute atomic E-state index is 0. The fourth-order valence-electron chi connectivity index (χ4n) is 3.59. The Hall–Kier alpha value is -1.28. The third-order valence-corrected chi connectivity index (χ3v) is 6.04. The van der Waals surface area contributed by atoms with Gasteiger partial charge >= 0.3 is 7.60 Å². The number of hydrogen-bond donors (Lipinski definition) is 2. The maximum atomic E-state index is 12.8. The number of ether oxygens (including phenoxy) is 1. The van der Waals surface area contributed by atoms with Crippen LogP contribution in [0.15, 0.2) is 17.6 Å². The van der Waals surface area contributed by atoms with Gasteiger partial charge in [-0.1, -0.05) is 0 Å². The van der Waals surface area contributed by atoms with Gasteiger partial charge in [0.15, 0.2) is 12.1 Å². The smallest absolute Gasteiger partial charge is 0.362 e. The van der Waals surface area contributed by atoms with Crippen LogP contribution < -0.4 is 4.74 Å². The van der Waals surface area contributed by atoms with Crippen LogP contribution in [-0.4, -0.2) is 51.4 Å². The number of fused-ring (bicyclic) bond motifs is 3. The molecule has 0 spiro atoms. The molecule has 2 heterocycles. The lowest BCUT2D eigenvalue weighted by Crippen LogP contribution is -2.27. The average molecular weight is 431 g/mol. The molecule has 4 rings (SSSR count). The summed E-state index contributed by atoms with van der Waals surface area (Å²) >= 11 is 1.51. The second-order valence-electron chi connectivity index (χ2n) is 6.61. The maximum Gasteiger partial charge on any atom is 0.362 e. The molecule has 7 nitrogen and oxygen atoms in total. The second-order valence-corrected chi connectivity index (χ2v) is 9.14. The highest BCUT2D eigenvalue weighted by atomic mass is 35.5. The Labute approximate surface area is 166 Å². The molecule has 0 bridgehead atoms. The van der Waals surface area contributed by atoms with E-state index in [1.807, 2.05) is 0 Å². The molecule has 1 saturated heterocycles. The van der Waals surface area contributed by atoms with E-state index >= 15 is 0 Å². The Morgan fingerprint density at radius 3 is 2.74 bits per heavy atom. The summed E-state index contributed by atoms with van der Waals surface area (Å²) in [6, 6.07) is 3.34. The third-order valence-electron chi connectivity index (χ3n) is 4.74. The Balaban J connectivity index is 0.00000210. The topological polar surface area (TPSA) is 100.0 Å². The van der Waals surface area contributed by atoms with Crippen molar-refractivity contribution in [2.24, 2.45) is 0 Å². The number of carbonyl (C=O) groups is 1. The molecule has 1 fully saturated rings. The van der Waals surface area contributed by atoms with Crippen molar-refractivity contribution in [3.8, 4) is 17.0 Å². The van der Waals surface area contributed by atoms with Crippen LogP contribution in [0.4, 0.5) is 0 Å². The lowest BCUT2D eigenvalue weighted by atomic mass is 9.98. The molecule has 0 amide bonds. The van der Waals surface area contributed by atoms with Gasteiger partial charge in [-0.2, -0.15) is 0 Å². The fourth-order valence-corrected chi connectivity index (χ4v) is 4.68. The Bertz CT molecular complexity index is 907. The van der Waals surface area contributed by atoms with Crippen molar-refractivity contribution in [1.82, 2.24) is 9.88 Å². The molecule has 2 N–H and O–H groups in total. The molecule has 0 unspecified atom stereocenters. The van der Waals surface area contributed by atoms with Crippen molar-refractivity contribution >= 4 is 37.1 Å². The number of rotatable bonds is 6. The summed E-state index contributed by atoms with van der Waals surface area (Å²) in [6.07, 6.45) is 2.16. The number of Topliss-reactive ketones (excluding diaryl/α,β-unsaturated/α-hetero) is 1. The maximum absolute atomic E-state index is 12.8. The predicted molar refractivity (Wildman–Crippen MR) is 105 cm³/mol. The number of hydrogen-bond acceptors (Lipinski definition) is 6. The highest BCUT2D eigenvalue weighted by molar-refractivity contribution is 7.51. The summed E-state index contributed by atoms with van der Waals surface area (Å²) in [6.45, 7) is 2.30. The lowest BCUT2D eigenvalue weighted by molar-refractivity contribution is 0.0944. The van der Waals surface area contributed by atoms with Gasteiger partial charge in [0.25, 0.3) is 0 Å². The van der Waals surface area contributed by atoms with E-state index < -0.39 is 13.9 Å². The molecule has 2 aliphatic rings. The van der Waals surface area contributed by atoms with Crippen molar-refractivity contribution in [1.29, 1.82) is 0 Å². The molecule has 27 heavy (non-hydrogen) atoms. The van der Waals surface area contributed by atoms with Crippen LogP contribution in [0.3, 0.4) is 0 Å². The first-order valence-electron chi connectivity index (χ1n) is 8.44. The molecule has 10 heteroatoms. The highest BCUT2D eigenvalue weighted by Crippen LogP contribution is 2.46. The van der Waals surface area contributed by atoms with E-state index in [1.165, 1.54) is 11.3 Å². The van der Waals surface area contributed by atoms with Crippen molar-refractivity contribution in [3.63, 3.8) is 0 Å². The van der Waals surface area contributed by atoms with E-state index in [4.69, 9.17) is 14.5 Å².